The van der Waals surface area contributed by atoms with E-state index in [1.165, 1.54) is 17.5 Å². The molecule has 1 unspecified atom stereocenters. The van der Waals surface area contributed by atoms with E-state index in [0.717, 1.165) is 5.75 Å². The Morgan fingerprint density at radius 2 is 1.61 bits per heavy atom. The average molecular weight is 342 g/mol. The van der Waals surface area contributed by atoms with Crippen molar-refractivity contribution in [3.8, 4) is 0 Å². The van der Waals surface area contributed by atoms with E-state index in [0.29, 0.717) is 6.42 Å². The van der Waals surface area contributed by atoms with E-state index in [9.17, 15) is 4.79 Å². The zero-order valence-electron chi connectivity index (χ0n) is 16.4. The summed E-state index contributed by atoms with van der Waals surface area (Å²) in [7, 11) is 0. The summed E-state index contributed by atoms with van der Waals surface area (Å²) >= 11 is 1.74. The molecule has 0 radical (unpaired) electrons. The van der Waals surface area contributed by atoms with Gasteiger partial charge >= 0.3 is 0 Å². The number of rotatable bonds is 6. The van der Waals surface area contributed by atoms with Gasteiger partial charge in [-0.15, -0.1) is 11.8 Å². The van der Waals surface area contributed by atoms with Crippen LogP contribution < -0.4 is 5.73 Å². The van der Waals surface area contributed by atoms with E-state index in [4.69, 9.17) is 5.73 Å². The number of carbonyl (C=O) groups excluding carboxylic acids is 1. The maximum Gasteiger partial charge on any atom is 0.150 e. The predicted molar refractivity (Wildman–Crippen MR) is 109 cm³/mol. The molecule has 0 fully saturated rings. The molecule has 0 saturated carbocycles. The Morgan fingerprint density at radius 1 is 1.17 bits per heavy atom. The predicted octanol–water partition coefficient (Wildman–Crippen LogP) is 6.00. The molecule has 1 atom stereocenters. The minimum atomic E-state index is -0.391. The van der Waals surface area contributed by atoms with Crippen LogP contribution in [-0.2, 0) is 10.5 Å². The lowest BCUT2D eigenvalue weighted by atomic mass is 9.98. The standard InChI is InChI=1S/C15H23NOS.C3H8.C2H6.H2/c1-5-13(17)14(16)15(3,4)18-10-12-8-6-11(2)7-9-12;1-3-2;1-2;/h6-9,14H,5,10,16H2,1-4H3;3H2,1-2H3;1-2H3;1H. The van der Waals surface area contributed by atoms with Crippen LogP contribution in [-0.4, -0.2) is 16.6 Å². The van der Waals surface area contributed by atoms with E-state index in [2.05, 4.69) is 45.0 Å². The lowest BCUT2D eigenvalue weighted by molar-refractivity contribution is -0.120. The fourth-order valence-electron chi connectivity index (χ4n) is 1.65. The monoisotopic (exact) mass is 341 g/mol. The number of thioether (sulfide) groups is 1. The Balaban J connectivity index is -0.000000660. The van der Waals surface area contributed by atoms with Crippen LogP contribution >= 0.6 is 11.8 Å². The van der Waals surface area contributed by atoms with Gasteiger partial charge in [0.15, 0.2) is 5.78 Å². The molecule has 1 aromatic rings. The van der Waals surface area contributed by atoms with Crippen molar-refractivity contribution < 1.29 is 6.22 Å². The Morgan fingerprint density at radius 3 is 2.00 bits per heavy atom. The van der Waals surface area contributed by atoms with Crippen molar-refractivity contribution in [3.05, 3.63) is 35.4 Å². The van der Waals surface area contributed by atoms with Crippen LogP contribution in [0.1, 0.15) is 73.9 Å². The fraction of sp³-hybridized carbons (Fsp3) is 0.650. The van der Waals surface area contributed by atoms with Crippen molar-refractivity contribution in [1.29, 1.82) is 0 Å². The molecule has 0 saturated heterocycles. The summed E-state index contributed by atoms with van der Waals surface area (Å²) in [6.45, 7) is 16.3. The molecule has 2 nitrogen and oxygen atoms in total. The molecule has 1 aromatic carbocycles. The molecular formula is C20H39NOS. The first-order valence-electron chi connectivity index (χ1n) is 8.76. The lowest BCUT2D eigenvalue weighted by Gasteiger charge is -2.29. The molecule has 0 bridgehead atoms. The van der Waals surface area contributed by atoms with Gasteiger partial charge < -0.3 is 5.73 Å². The maximum atomic E-state index is 11.7. The zero-order chi connectivity index (χ0) is 18.5. The van der Waals surface area contributed by atoms with Crippen LogP contribution in [0.3, 0.4) is 0 Å². The van der Waals surface area contributed by atoms with Crippen LogP contribution in [0.4, 0.5) is 0 Å². The molecule has 0 aliphatic carbocycles. The van der Waals surface area contributed by atoms with E-state index in [-0.39, 0.29) is 12.0 Å². The lowest BCUT2D eigenvalue weighted by Crippen LogP contribution is -2.46. The summed E-state index contributed by atoms with van der Waals surface area (Å²) in [6, 6.07) is 8.09. The van der Waals surface area contributed by atoms with Crippen LogP contribution in [0, 0.1) is 6.92 Å². The van der Waals surface area contributed by atoms with Gasteiger partial charge in [-0.1, -0.05) is 70.9 Å². The van der Waals surface area contributed by atoms with E-state index < -0.39 is 6.04 Å². The maximum absolute atomic E-state index is 11.7. The third kappa shape index (κ3) is 10.6. The molecule has 0 aliphatic rings. The van der Waals surface area contributed by atoms with Gasteiger partial charge in [0.2, 0.25) is 0 Å². The zero-order valence-corrected chi connectivity index (χ0v) is 17.2. The first-order valence-corrected chi connectivity index (χ1v) is 9.74. The van der Waals surface area contributed by atoms with Crippen LogP contribution in [0.5, 0.6) is 0 Å². The smallest absolute Gasteiger partial charge is 0.150 e. The molecule has 0 spiro atoms. The Bertz CT molecular complexity index is 418. The Kier molecular flexibility index (Phi) is 14.5. The highest BCUT2D eigenvalue weighted by atomic mass is 32.2. The second-order valence-corrected chi connectivity index (χ2v) is 7.51. The molecule has 0 heterocycles. The van der Waals surface area contributed by atoms with Crippen molar-refractivity contribution in [1.82, 2.24) is 0 Å². The van der Waals surface area contributed by atoms with Gasteiger partial charge in [-0.05, 0) is 26.3 Å². The van der Waals surface area contributed by atoms with Crippen LogP contribution in [0.2, 0.25) is 0 Å². The number of Topliss-reactive ketones (excluding diaryl/α,β-unsaturated/α-hetero) is 1. The Labute approximate surface area is 150 Å². The highest BCUT2D eigenvalue weighted by Gasteiger charge is 2.31. The number of nitrogens with two attached hydrogens (primary N) is 1. The number of ketones is 1. The van der Waals surface area contributed by atoms with Gasteiger partial charge in [0.05, 0.1) is 6.04 Å². The minimum absolute atomic E-state index is 0. The summed E-state index contributed by atoms with van der Waals surface area (Å²) < 4.78 is -0.224. The van der Waals surface area contributed by atoms with Gasteiger partial charge in [0.25, 0.3) is 0 Å². The number of carbonyl (C=O) groups is 1. The largest absolute Gasteiger partial charge is 0.320 e. The van der Waals surface area contributed by atoms with E-state index in [1.807, 2.05) is 34.6 Å². The van der Waals surface area contributed by atoms with Crippen LogP contribution in [0.25, 0.3) is 0 Å². The molecule has 3 heteroatoms. The molecule has 0 aliphatic heterocycles. The highest BCUT2D eigenvalue weighted by molar-refractivity contribution is 7.99. The van der Waals surface area contributed by atoms with Gasteiger partial charge in [-0.25, -0.2) is 0 Å². The third-order valence-electron chi connectivity index (χ3n) is 3.18. The molecule has 136 valence electrons. The SMILES string of the molecule is CC.CCC.CCC(=O)C(N)C(C)(C)SCc1ccc(C)cc1.[HH]. The summed E-state index contributed by atoms with van der Waals surface area (Å²) in [5, 5.41) is 0. The first-order chi connectivity index (χ1) is 10.8. The number of benzene rings is 1. The number of hydrogen-bond acceptors (Lipinski definition) is 3. The third-order valence-corrected chi connectivity index (χ3v) is 4.65. The van der Waals surface area contributed by atoms with E-state index >= 15 is 0 Å². The Hall–Kier alpha value is -0.800. The van der Waals surface area contributed by atoms with Gasteiger partial charge in [0, 0.05) is 18.3 Å². The van der Waals surface area contributed by atoms with Gasteiger partial charge in [-0.2, -0.15) is 0 Å². The van der Waals surface area contributed by atoms with Gasteiger partial charge in [-0.3, -0.25) is 4.79 Å². The second-order valence-electron chi connectivity index (χ2n) is 5.88. The summed E-state index contributed by atoms with van der Waals surface area (Å²) in [5.74, 6) is 1.02. The topological polar surface area (TPSA) is 43.1 Å². The first kappa shape index (κ1) is 24.5. The van der Waals surface area contributed by atoms with Crippen LogP contribution in [0.15, 0.2) is 24.3 Å². The van der Waals surface area contributed by atoms with Crippen molar-refractivity contribution in [3.63, 3.8) is 0 Å². The second kappa shape index (κ2) is 13.6. The average Bonchev–Trinajstić information content (AvgIpc) is 2.55. The quantitative estimate of drug-likeness (QED) is 0.690. The van der Waals surface area contributed by atoms with Crippen molar-refractivity contribution in [2.45, 2.75) is 84.8 Å². The number of hydrogen-bond donors (Lipinski definition) is 1. The van der Waals surface area contributed by atoms with Crippen molar-refractivity contribution in [2.24, 2.45) is 5.73 Å². The molecule has 1 rings (SSSR count). The van der Waals surface area contributed by atoms with Gasteiger partial charge in [0.1, 0.15) is 0 Å². The summed E-state index contributed by atoms with van der Waals surface area (Å²) in [5.41, 5.74) is 8.56. The molecule has 23 heavy (non-hydrogen) atoms. The highest BCUT2D eigenvalue weighted by Crippen LogP contribution is 2.31. The van der Waals surface area contributed by atoms with E-state index in [1.54, 1.807) is 11.8 Å². The molecule has 0 aromatic heterocycles. The summed E-state index contributed by atoms with van der Waals surface area (Å²) in [4.78, 5) is 11.7. The fourth-order valence-corrected chi connectivity index (χ4v) is 2.69. The molecule has 0 amide bonds. The normalized spacial score (nSPS) is 11.5. The van der Waals surface area contributed by atoms with Crippen molar-refractivity contribution >= 4 is 17.5 Å². The number of aryl methyl sites for hydroxylation is 1. The summed E-state index contributed by atoms with van der Waals surface area (Å²) in [6.07, 6.45) is 1.76. The molecular weight excluding hydrogens is 302 g/mol. The minimum Gasteiger partial charge on any atom is -0.320 e. The molecule has 2 N–H and O–H groups in total. The van der Waals surface area contributed by atoms with Crippen molar-refractivity contribution in [2.75, 3.05) is 0 Å².